The number of nitrogens with zero attached hydrogens (tertiary/aromatic N) is 2. The molecule has 1 aromatic rings. The summed E-state index contributed by atoms with van der Waals surface area (Å²) in [5.74, 6) is -0.602. The Hall–Kier alpha value is -2.09. The van der Waals surface area contributed by atoms with Crippen molar-refractivity contribution in [2.45, 2.75) is 32.6 Å². The minimum Gasteiger partial charge on any atom is -0.466 e. The van der Waals surface area contributed by atoms with Crippen LogP contribution in [0.4, 0.5) is 5.69 Å². The number of hydrogen-bond acceptors (Lipinski definition) is 5. The van der Waals surface area contributed by atoms with Crippen molar-refractivity contribution in [2.24, 2.45) is 5.92 Å². The summed E-state index contributed by atoms with van der Waals surface area (Å²) in [6, 6.07) is 6.76. The topological polar surface area (TPSA) is 84.0 Å². The van der Waals surface area contributed by atoms with E-state index < -0.39 is 10.0 Å². The molecule has 0 aromatic heterocycles. The Morgan fingerprint density at radius 3 is 2.74 bits per heavy atom. The van der Waals surface area contributed by atoms with Gasteiger partial charge in [0.15, 0.2) is 0 Å². The molecule has 3 rings (SSSR count). The number of rotatable bonds is 4. The predicted octanol–water partition coefficient (Wildman–Crippen LogP) is 2.03. The third-order valence-corrected chi connectivity index (χ3v) is 6.93. The SMILES string of the molecule is CCOC(=O)[C@H]1CCCN(C(=O)c2cccc(N3CCCCS3(=O)=O)c2)C1. The number of anilines is 1. The van der Waals surface area contributed by atoms with Crippen molar-refractivity contribution in [3.63, 3.8) is 0 Å². The molecule has 0 radical (unpaired) electrons. The lowest BCUT2D eigenvalue weighted by Crippen LogP contribution is -2.43. The maximum atomic E-state index is 12.9. The molecule has 0 bridgehead atoms. The first-order chi connectivity index (χ1) is 12.9. The summed E-state index contributed by atoms with van der Waals surface area (Å²) in [7, 11) is -3.32. The van der Waals surface area contributed by atoms with Gasteiger partial charge in [-0.15, -0.1) is 0 Å². The Labute approximate surface area is 160 Å². The summed E-state index contributed by atoms with van der Waals surface area (Å²) in [5, 5.41) is 0. The van der Waals surface area contributed by atoms with Gasteiger partial charge in [-0.25, -0.2) is 8.42 Å². The minimum atomic E-state index is -3.32. The number of hydrogen-bond donors (Lipinski definition) is 0. The Bertz CT molecular complexity index is 808. The number of esters is 1. The van der Waals surface area contributed by atoms with Crippen LogP contribution in [0, 0.1) is 5.92 Å². The number of ether oxygens (including phenoxy) is 1. The predicted molar refractivity (Wildman–Crippen MR) is 102 cm³/mol. The van der Waals surface area contributed by atoms with Gasteiger partial charge in [0.2, 0.25) is 10.0 Å². The fourth-order valence-corrected chi connectivity index (χ4v) is 5.30. The average Bonchev–Trinajstić information content (AvgIpc) is 2.67. The van der Waals surface area contributed by atoms with E-state index in [4.69, 9.17) is 4.74 Å². The summed E-state index contributed by atoms with van der Waals surface area (Å²) in [6.45, 7) is 3.46. The molecule has 2 aliphatic heterocycles. The van der Waals surface area contributed by atoms with Crippen LogP contribution < -0.4 is 4.31 Å². The van der Waals surface area contributed by atoms with Gasteiger partial charge in [-0.1, -0.05) is 6.07 Å². The van der Waals surface area contributed by atoms with Gasteiger partial charge in [-0.2, -0.15) is 0 Å². The van der Waals surface area contributed by atoms with E-state index in [1.54, 1.807) is 36.1 Å². The highest BCUT2D eigenvalue weighted by Crippen LogP contribution is 2.26. The third kappa shape index (κ3) is 4.43. The maximum Gasteiger partial charge on any atom is 0.310 e. The first-order valence-corrected chi connectivity index (χ1v) is 11.1. The molecule has 7 nitrogen and oxygen atoms in total. The van der Waals surface area contributed by atoms with Gasteiger partial charge in [-0.3, -0.25) is 13.9 Å². The largest absolute Gasteiger partial charge is 0.466 e. The highest BCUT2D eigenvalue weighted by Gasteiger charge is 2.31. The first-order valence-electron chi connectivity index (χ1n) is 9.49. The molecule has 148 valence electrons. The second-order valence-corrected chi connectivity index (χ2v) is 9.00. The van der Waals surface area contributed by atoms with E-state index in [-0.39, 0.29) is 23.5 Å². The van der Waals surface area contributed by atoms with Crippen molar-refractivity contribution in [1.82, 2.24) is 4.90 Å². The van der Waals surface area contributed by atoms with Crippen LogP contribution in [0.5, 0.6) is 0 Å². The van der Waals surface area contributed by atoms with Crippen LogP contribution in [0.25, 0.3) is 0 Å². The van der Waals surface area contributed by atoms with Crippen LogP contribution in [-0.4, -0.2) is 57.2 Å². The lowest BCUT2D eigenvalue weighted by atomic mass is 9.97. The van der Waals surface area contributed by atoms with E-state index in [2.05, 4.69) is 0 Å². The number of benzene rings is 1. The number of carbonyl (C=O) groups is 2. The molecule has 0 N–H and O–H groups in total. The van der Waals surface area contributed by atoms with Crippen molar-refractivity contribution in [3.8, 4) is 0 Å². The second kappa shape index (κ2) is 8.29. The molecule has 2 aliphatic rings. The summed E-state index contributed by atoms with van der Waals surface area (Å²) in [6.07, 6.45) is 2.94. The molecule has 2 fully saturated rings. The molecular formula is C19H26N2O5S. The molecule has 8 heteroatoms. The number of carbonyl (C=O) groups excluding carboxylic acids is 2. The Morgan fingerprint density at radius 1 is 1.19 bits per heavy atom. The molecule has 0 aliphatic carbocycles. The molecule has 27 heavy (non-hydrogen) atoms. The molecule has 1 aromatic carbocycles. The molecule has 2 heterocycles. The normalized spacial score (nSPS) is 22.3. The minimum absolute atomic E-state index is 0.137. The average molecular weight is 394 g/mol. The highest BCUT2D eigenvalue weighted by molar-refractivity contribution is 7.92. The fourth-order valence-electron chi connectivity index (χ4n) is 3.67. The summed E-state index contributed by atoms with van der Waals surface area (Å²) in [4.78, 5) is 26.6. The van der Waals surface area contributed by atoms with E-state index in [0.717, 1.165) is 12.8 Å². The molecular weight excluding hydrogens is 368 g/mol. The molecule has 1 amide bonds. The maximum absolute atomic E-state index is 12.9. The summed E-state index contributed by atoms with van der Waals surface area (Å²) < 4.78 is 31.1. The standard InChI is InChI=1S/C19H26N2O5S/c1-2-26-19(23)16-8-6-10-20(14-16)18(22)15-7-5-9-17(13-15)21-11-3-4-12-27(21,24)25/h5,7,9,13,16H,2-4,6,8,10-12,14H2,1H3/t16-/m0/s1. The van der Waals surface area contributed by atoms with Crippen LogP contribution in [0.15, 0.2) is 24.3 Å². The van der Waals surface area contributed by atoms with Gasteiger partial charge < -0.3 is 9.64 Å². The zero-order chi connectivity index (χ0) is 19.4. The quantitative estimate of drug-likeness (QED) is 0.730. The van der Waals surface area contributed by atoms with E-state index in [1.165, 1.54) is 4.31 Å². The van der Waals surface area contributed by atoms with E-state index in [1.807, 2.05) is 0 Å². The van der Waals surface area contributed by atoms with E-state index in [0.29, 0.717) is 50.3 Å². The number of likely N-dealkylation sites (tertiary alicyclic amines) is 1. The molecule has 0 saturated carbocycles. The Kier molecular flexibility index (Phi) is 6.04. The van der Waals surface area contributed by atoms with Crippen LogP contribution in [-0.2, 0) is 19.6 Å². The Balaban J connectivity index is 1.76. The summed E-state index contributed by atoms with van der Waals surface area (Å²) >= 11 is 0. The van der Waals surface area contributed by atoms with Crippen LogP contribution >= 0.6 is 0 Å². The second-order valence-electron chi connectivity index (χ2n) is 6.99. The lowest BCUT2D eigenvalue weighted by Gasteiger charge is -2.32. The van der Waals surface area contributed by atoms with Crippen LogP contribution in [0.3, 0.4) is 0 Å². The first kappa shape index (κ1) is 19.7. The number of sulfonamides is 1. The summed E-state index contributed by atoms with van der Waals surface area (Å²) in [5.41, 5.74) is 0.970. The smallest absolute Gasteiger partial charge is 0.310 e. The van der Waals surface area contributed by atoms with E-state index >= 15 is 0 Å². The van der Waals surface area contributed by atoms with Gasteiger partial charge in [0, 0.05) is 25.2 Å². The van der Waals surface area contributed by atoms with Crippen molar-refractivity contribution in [2.75, 3.05) is 36.3 Å². The number of piperidine rings is 1. The van der Waals surface area contributed by atoms with Crippen molar-refractivity contribution in [1.29, 1.82) is 0 Å². The third-order valence-electron chi connectivity index (χ3n) is 5.06. The lowest BCUT2D eigenvalue weighted by molar-refractivity contribution is -0.149. The van der Waals surface area contributed by atoms with Crippen LogP contribution in [0.1, 0.15) is 43.0 Å². The molecule has 2 saturated heterocycles. The monoisotopic (exact) mass is 394 g/mol. The molecule has 0 spiro atoms. The van der Waals surface area contributed by atoms with Gasteiger partial charge >= 0.3 is 5.97 Å². The Morgan fingerprint density at radius 2 is 2.00 bits per heavy atom. The molecule has 0 unspecified atom stereocenters. The van der Waals surface area contributed by atoms with Crippen molar-refractivity contribution >= 4 is 27.6 Å². The highest BCUT2D eigenvalue weighted by atomic mass is 32.2. The van der Waals surface area contributed by atoms with Gasteiger partial charge in [0.25, 0.3) is 5.91 Å². The molecule has 1 atom stereocenters. The van der Waals surface area contributed by atoms with E-state index in [9.17, 15) is 18.0 Å². The van der Waals surface area contributed by atoms with Gasteiger partial charge in [0.05, 0.1) is 24.0 Å². The zero-order valence-electron chi connectivity index (χ0n) is 15.6. The van der Waals surface area contributed by atoms with Crippen molar-refractivity contribution in [3.05, 3.63) is 29.8 Å². The zero-order valence-corrected chi connectivity index (χ0v) is 16.4. The van der Waals surface area contributed by atoms with Gasteiger partial charge in [-0.05, 0) is 50.8 Å². The van der Waals surface area contributed by atoms with Crippen LogP contribution in [0.2, 0.25) is 0 Å². The van der Waals surface area contributed by atoms with Gasteiger partial charge in [0.1, 0.15) is 0 Å². The number of amides is 1. The van der Waals surface area contributed by atoms with Crippen molar-refractivity contribution < 1.29 is 22.7 Å². The fraction of sp³-hybridized carbons (Fsp3) is 0.579.